The Morgan fingerprint density at radius 3 is 2.62 bits per heavy atom. The van der Waals surface area contributed by atoms with E-state index in [0.717, 1.165) is 37.2 Å². The number of hydrogen-bond acceptors (Lipinski definition) is 6. The third kappa shape index (κ3) is 4.86. The van der Waals surface area contributed by atoms with Crippen LogP contribution >= 0.6 is 0 Å². The number of amides is 2. The van der Waals surface area contributed by atoms with Gasteiger partial charge in [-0.25, -0.2) is 13.1 Å². The highest BCUT2D eigenvalue weighted by atomic mass is 32.2. The predicted molar refractivity (Wildman–Crippen MR) is 140 cm³/mol. The van der Waals surface area contributed by atoms with Crippen LogP contribution in [-0.2, 0) is 32.5 Å². The van der Waals surface area contributed by atoms with E-state index in [-0.39, 0.29) is 28.9 Å². The van der Waals surface area contributed by atoms with E-state index in [1.54, 1.807) is 12.1 Å². The number of nitrogens with one attached hydrogen (secondary N) is 3. The number of rotatable bonds is 6. The van der Waals surface area contributed by atoms with Crippen molar-refractivity contribution in [2.24, 2.45) is 0 Å². The highest BCUT2D eigenvalue weighted by molar-refractivity contribution is 7.89. The minimum atomic E-state index is -3.70. The fourth-order valence-electron chi connectivity index (χ4n) is 5.26. The lowest BCUT2D eigenvalue weighted by molar-refractivity contribution is -0.132. The number of likely N-dealkylation sites (N-methyl/N-ethyl adjacent to an activating group) is 1. The molecule has 10 nitrogen and oxygen atoms in total. The van der Waals surface area contributed by atoms with Gasteiger partial charge in [0, 0.05) is 67.2 Å². The predicted octanol–water partition coefficient (Wildman–Crippen LogP) is 1.64. The van der Waals surface area contributed by atoms with Crippen molar-refractivity contribution < 1.29 is 22.8 Å². The number of benzene rings is 1. The van der Waals surface area contributed by atoms with Gasteiger partial charge in [-0.3, -0.25) is 14.4 Å². The normalized spacial score (nSPS) is 19.2. The summed E-state index contributed by atoms with van der Waals surface area (Å²) in [5.74, 6) is -0.258. The monoisotopic (exact) mass is 525 g/mol. The molecule has 1 fully saturated rings. The number of piperazine rings is 1. The Balaban J connectivity index is 1.50. The molecule has 11 heteroatoms. The summed E-state index contributed by atoms with van der Waals surface area (Å²) in [5, 5.41) is 2.78. The summed E-state index contributed by atoms with van der Waals surface area (Å²) in [4.78, 5) is 46.2. The third-order valence-corrected chi connectivity index (χ3v) is 8.82. The molecule has 3 heterocycles. The van der Waals surface area contributed by atoms with Gasteiger partial charge in [0.15, 0.2) is 5.78 Å². The van der Waals surface area contributed by atoms with Crippen LogP contribution in [-0.4, -0.2) is 81.1 Å². The summed E-state index contributed by atoms with van der Waals surface area (Å²) in [5.41, 5.74) is 4.12. The molecule has 196 valence electrons. The van der Waals surface area contributed by atoms with E-state index in [4.69, 9.17) is 0 Å². The summed E-state index contributed by atoms with van der Waals surface area (Å²) in [7, 11) is -0.330. The number of carbonyl (C=O) groups excluding carboxylic acids is 3. The third-order valence-electron chi connectivity index (χ3n) is 7.41. The Hall–Kier alpha value is -3.28. The van der Waals surface area contributed by atoms with Gasteiger partial charge in [0.25, 0.3) is 5.91 Å². The Labute approximate surface area is 216 Å². The molecule has 3 aliphatic rings. The Morgan fingerprint density at radius 2 is 1.89 bits per heavy atom. The van der Waals surface area contributed by atoms with E-state index in [9.17, 15) is 22.8 Å². The molecule has 5 rings (SSSR count). The minimum absolute atomic E-state index is 0.0443. The SMILES string of the molecule is CNS(=O)(=O)c1ccc2c(c1)C(=Cc1[nH]c3c(c1CCC(=O)N1CCN(C)CC1)C(=O)CCC3)C(=O)N2. The summed E-state index contributed by atoms with van der Waals surface area (Å²) in [6.45, 7) is 3.04. The van der Waals surface area contributed by atoms with Gasteiger partial charge in [-0.2, -0.15) is 0 Å². The van der Waals surface area contributed by atoms with E-state index in [1.807, 2.05) is 11.9 Å². The highest BCUT2D eigenvalue weighted by Crippen LogP contribution is 2.37. The molecule has 37 heavy (non-hydrogen) atoms. The fraction of sp³-hybridized carbons (Fsp3) is 0.423. The number of ketones is 1. The Morgan fingerprint density at radius 1 is 1.14 bits per heavy atom. The number of aryl methyl sites for hydroxylation is 1. The van der Waals surface area contributed by atoms with Crippen molar-refractivity contribution in [3.63, 3.8) is 0 Å². The lowest BCUT2D eigenvalue weighted by atomic mass is 9.91. The van der Waals surface area contributed by atoms with Crippen molar-refractivity contribution in [2.45, 2.75) is 37.0 Å². The maximum atomic E-state index is 13.0. The number of carbonyl (C=O) groups is 3. The zero-order chi connectivity index (χ0) is 26.3. The molecular weight excluding hydrogens is 494 g/mol. The van der Waals surface area contributed by atoms with Crippen molar-refractivity contribution in [1.82, 2.24) is 19.5 Å². The fourth-order valence-corrected chi connectivity index (χ4v) is 6.02. The smallest absolute Gasteiger partial charge is 0.256 e. The second kappa shape index (κ2) is 9.88. The van der Waals surface area contributed by atoms with Gasteiger partial charge >= 0.3 is 0 Å². The molecule has 0 bridgehead atoms. The highest BCUT2D eigenvalue weighted by Gasteiger charge is 2.30. The lowest BCUT2D eigenvalue weighted by Gasteiger charge is -2.32. The first-order valence-corrected chi connectivity index (χ1v) is 14.0. The van der Waals surface area contributed by atoms with Gasteiger partial charge in [-0.05, 0) is 63.2 Å². The first-order valence-electron chi connectivity index (χ1n) is 12.5. The van der Waals surface area contributed by atoms with E-state index in [1.165, 1.54) is 19.2 Å². The molecule has 2 aliphatic heterocycles. The number of nitrogens with zero attached hydrogens (tertiary/aromatic N) is 2. The molecule has 0 radical (unpaired) electrons. The van der Waals surface area contributed by atoms with Crippen LogP contribution in [0.1, 0.15) is 52.1 Å². The molecule has 0 saturated carbocycles. The summed E-state index contributed by atoms with van der Waals surface area (Å²) in [6.07, 6.45) is 4.25. The lowest BCUT2D eigenvalue weighted by Crippen LogP contribution is -2.47. The second-order valence-corrected chi connectivity index (χ2v) is 11.6. The first-order chi connectivity index (χ1) is 17.7. The molecular formula is C26H31N5O5S. The first kappa shape index (κ1) is 25.4. The molecule has 1 aromatic carbocycles. The standard InChI is InChI=1S/C26H31N5O5S/c1-27-37(35,36)16-6-8-20-18(14-16)19(26(34)29-20)15-22-17(25-21(28-22)4-3-5-23(25)32)7-9-24(33)31-12-10-30(2)11-13-31/h6,8,14-15,27-28H,3-5,7,9-13H2,1-2H3,(H,29,34). The zero-order valence-electron chi connectivity index (χ0n) is 21.0. The van der Waals surface area contributed by atoms with Crippen LogP contribution in [0.5, 0.6) is 0 Å². The molecule has 3 N–H and O–H groups in total. The van der Waals surface area contributed by atoms with Gasteiger partial charge in [-0.15, -0.1) is 0 Å². The molecule has 1 aromatic heterocycles. The summed E-state index contributed by atoms with van der Waals surface area (Å²) in [6, 6.07) is 4.47. The average molecular weight is 526 g/mol. The number of aromatic amines is 1. The van der Waals surface area contributed by atoms with E-state index < -0.39 is 10.0 Å². The number of sulfonamides is 1. The summed E-state index contributed by atoms with van der Waals surface area (Å²) >= 11 is 0. The number of Topliss-reactive ketones (excluding diaryl/α,β-unsaturated/α-hetero) is 1. The number of hydrogen-bond donors (Lipinski definition) is 3. The van der Waals surface area contributed by atoms with E-state index in [0.29, 0.717) is 54.0 Å². The van der Waals surface area contributed by atoms with Gasteiger partial charge in [0.05, 0.1) is 10.5 Å². The van der Waals surface area contributed by atoms with Crippen LogP contribution in [0.2, 0.25) is 0 Å². The minimum Gasteiger partial charge on any atom is -0.358 e. The maximum absolute atomic E-state index is 13.0. The Kier molecular flexibility index (Phi) is 6.78. The molecule has 0 unspecified atom stereocenters. The van der Waals surface area contributed by atoms with Crippen LogP contribution in [0.3, 0.4) is 0 Å². The van der Waals surface area contributed by atoms with Crippen LogP contribution in [0.15, 0.2) is 23.1 Å². The van der Waals surface area contributed by atoms with Gasteiger partial charge in [0.2, 0.25) is 15.9 Å². The quantitative estimate of drug-likeness (QED) is 0.492. The molecule has 2 amide bonds. The van der Waals surface area contributed by atoms with Gasteiger partial charge in [-0.1, -0.05) is 0 Å². The van der Waals surface area contributed by atoms with Gasteiger partial charge in [0.1, 0.15) is 0 Å². The largest absolute Gasteiger partial charge is 0.358 e. The van der Waals surface area contributed by atoms with Crippen LogP contribution in [0.4, 0.5) is 5.69 Å². The molecule has 1 saturated heterocycles. The van der Waals surface area contributed by atoms with Crippen LogP contribution in [0, 0.1) is 0 Å². The van der Waals surface area contributed by atoms with E-state index >= 15 is 0 Å². The molecule has 1 aliphatic carbocycles. The zero-order valence-corrected chi connectivity index (χ0v) is 21.8. The van der Waals surface area contributed by atoms with Crippen molar-refractivity contribution in [3.05, 3.63) is 46.3 Å². The van der Waals surface area contributed by atoms with Crippen LogP contribution in [0.25, 0.3) is 11.6 Å². The van der Waals surface area contributed by atoms with Crippen molar-refractivity contribution >= 4 is 45.0 Å². The number of H-pyrrole nitrogens is 1. The molecule has 0 spiro atoms. The molecule has 2 aromatic rings. The number of fused-ring (bicyclic) bond motifs is 2. The summed E-state index contributed by atoms with van der Waals surface area (Å²) < 4.78 is 27.0. The van der Waals surface area contributed by atoms with E-state index in [2.05, 4.69) is 19.9 Å². The topological polar surface area (TPSA) is 132 Å². The van der Waals surface area contributed by atoms with Gasteiger partial charge < -0.3 is 20.1 Å². The number of aromatic nitrogens is 1. The van der Waals surface area contributed by atoms with Crippen molar-refractivity contribution in [1.29, 1.82) is 0 Å². The van der Waals surface area contributed by atoms with Crippen LogP contribution < -0.4 is 10.0 Å². The molecule has 0 atom stereocenters. The Bertz CT molecular complexity index is 1420. The van der Waals surface area contributed by atoms with Crippen molar-refractivity contribution in [2.75, 3.05) is 45.6 Å². The number of anilines is 1. The average Bonchev–Trinajstić information content (AvgIpc) is 3.40. The second-order valence-electron chi connectivity index (χ2n) is 9.76. The van der Waals surface area contributed by atoms with Crippen molar-refractivity contribution in [3.8, 4) is 0 Å². The maximum Gasteiger partial charge on any atom is 0.256 e.